The van der Waals surface area contributed by atoms with Gasteiger partial charge in [0.2, 0.25) is 0 Å². The average molecular weight is 300 g/mol. The van der Waals surface area contributed by atoms with Crippen molar-refractivity contribution in [2.75, 3.05) is 0 Å². The van der Waals surface area contributed by atoms with Crippen LogP contribution < -0.4 is 0 Å². The number of hydrogen-bond acceptors (Lipinski definition) is 0. The molecule has 0 saturated heterocycles. The topological polar surface area (TPSA) is 0 Å². The summed E-state index contributed by atoms with van der Waals surface area (Å²) in [4.78, 5) is 0. The van der Waals surface area contributed by atoms with Crippen molar-refractivity contribution in [1.82, 2.24) is 0 Å². The molecular weight excluding hydrogens is 284 g/mol. The fraction of sp³-hybridized carbons (Fsp3) is 0.429. The molecule has 0 spiro atoms. The summed E-state index contributed by atoms with van der Waals surface area (Å²) < 4.78 is 41.0. The number of halogens is 3. The van der Waals surface area contributed by atoms with E-state index < -0.39 is 18.8 Å². The molecule has 0 fully saturated rings. The van der Waals surface area contributed by atoms with Crippen LogP contribution in [0.4, 0.5) is 13.2 Å². The van der Waals surface area contributed by atoms with E-state index >= 15 is 0 Å². The second-order valence-electron chi connectivity index (χ2n) is 4.13. The van der Waals surface area contributed by atoms with Crippen molar-refractivity contribution in [3.63, 3.8) is 0 Å². The number of hydrogen-bond donors (Lipinski definition) is 0. The molecule has 4 heteroatoms. The first kappa shape index (κ1) is 13.7. The van der Waals surface area contributed by atoms with Crippen LogP contribution in [-0.4, -0.2) is 5.11 Å². The SMILES string of the molecule is F[C](F)(F)[Co]([C]1=CC=CC1)/[C]1=C/C=C\CCCC1. The van der Waals surface area contributed by atoms with Crippen LogP contribution in [0.5, 0.6) is 0 Å². The van der Waals surface area contributed by atoms with Crippen molar-refractivity contribution in [3.8, 4) is 0 Å². The molecule has 0 aromatic rings. The summed E-state index contributed by atoms with van der Waals surface area (Å²) in [5, 5.41) is -4.12. The van der Waals surface area contributed by atoms with Gasteiger partial charge in [0.05, 0.1) is 0 Å². The zero-order valence-electron chi connectivity index (χ0n) is 9.97. The van der Waals surface area contributed by atoms with Crippen LogP contribution in [0.2, 0.25) is 0 Å². The van der Waals surface area contributed by atoms with Gasteiger partial charge < -0.3 is 0 Å². The zero-order valence-corrected chi connectivity index (χ0v) is 11.0. The van der Waals surface area contributed by atoms with Crippen LogP contribution in [0.25, 0.3) is 0 Å². The molecule has 2 aliphatic carbocycles. The van der Waals surface area contributed by atoms with E-state index in [1.54, 1.807) is 30.4 Å². The Hall–Kier alpha value is -0.744. The van der Waals surface area contributed by atoms with Crippen molar-refractivity contribution >= 4 is 0 Å². The third-order valence-corrected chi connectivity index (χ3v) is 5.50. The molecule has 0 saturated carbocycles. The molecule has 0 aliphatic heterocycles. The van der Waals surface area contributed by atoms with Crippen molar-refractivity contribution in [1.29, 1.82) is 0 Å². The van der Waals surface area contributed by atoms with Crippen LogP contribution in [0.3, 0.4) is 0 Å². The maximum atomic E-state index is 13.3. The van der Waals surface area contributed by atoms with Crippen LogP contribution in [-0.2, 0) is 13.7 Å². The molecule has 0 atom stereocenters. The van der Waals surface area contributed by atoms with Gasteiger partial charge in [-0.1, -0.05) is 0 Å². The second-order valence-corrected chi connectivity index (χ2v) is 6.84. The summed E-state index contributed by atoms with van der Waals surface area (Å²) >= 11 is -2.11. The second kappa shape index (κ2) is 5.93. The molecule has 0 amide bonds. The molecule has 0 radical (unpaired) electrons. The van der Waals surface area contributed by atoms with E-state index in [-0.39, 0.29) is 0 Å². The summed E-state index contributed by atoms with van der Waals surface area (Å²) in [5.41, 5.74) is 0. The number of alkyl halides is 3. The molecule has 18 heavy (non-hydrogen) atoms. The molecular formula is C14H16CoF3. The van der Waals surface area contributed by atoms with Gasteiger partial charge in [0, 0.05) is 0 Å². The average Bonchev–Trinajstić information content (AvgIpc) is 2.72. The fourth-order valence-electron chi connectivity index (χ4n) is 1.95. The van der Waals surface area contributed by atoms with Crippen molar-refractivity contribution in [2.24, 2.45) is 0 Å². The van der Waals surface area contributed by atoms with Crippen LogP contribution in [0.1, 0.15) is 32.1 Å². The Balaban J connectivity index is 2.27. The number of rotatable bonds is 2. The summed E-state index contributed by atoms with van der Waals surface area (Å²) in [6, 6.07) is 0. The standard InChI is InChI=1S/C8H11.C5H5.CF3.Co/c1-2-4-6-8-7-5-3-1;1-2-4-5-3-1;2-1(3)4;/h1-3H,4,6-8H2;1-3H,4H2;;/b2-1-,5-3?;;;. The minimum absolute atomic E-state index is 0.450. The molecule has 0 bridgehead atoms. The van der Waals surface area contributed by atoms with E-state index in [9.17, 15) is 13.2 Å². The summed E-state index contributed by atoms with van der Waals surface area (Å²) in [7, 11) is 0. The van der Waals surface area contributed by atoms with Gasteiger partial charge in [0.25, 0.3) is 0 Å². The normalized spacial score (nSPS) is 25.8. The minimum atomic E-state index is -4.12. The summed E-state index contributed by atoms with van der Waals surface area (Å²) in [6.45, 7) is 0. The maximum absolute atomic E-state index is 13.3. The Morgan fingerprint density at radius 2 is 1.67 bits per heavy atom. The predicted molar refractivity (Wildman–Crippen MR) is 63.6 cm³/mol. The Morgan fingerprint density at radius 3 is 2.33 bits per heavy atom. The quantitative estimate of drug-likeness (QED) is 0.674. The Bertz CT molecular complexity index is 413. The van der Waals surface area contributed by atoms with Crippen LogP contribution in [0, 0.1) is 0 Å². The van der Waals surface area contributed by atoms with Crippen LogP contribution in [0.15, 0.2) is 45.5 Å². The van der Waals surface area contributed by atoms with Gasteiger partial charge in [-0.25, -0.2) is 0 Å². The van der Waals surface area contributed by atoms with Gasteiger partial charge in [-0.3, -0.25) is 0 Å². The zero-order chi connectivity index (χ0) is 13.0. The molecule has 0 heterocycles. The fourth-order valence-corrected chi connectivity index (χ4v) is 4.46. The molecule has 102 valence electrons. The van der Waals surface area contributed by atoms with Crippen LogP contribution >= 0.6 is 0 Å². The first-order valence-electron chi connectivity index (χ1n) is 6.00. The van der Waals surface area contributed by atoms with E-state index in [2.05, 4.69) is 0 Å². The third kappa shape index (κ3) is 3.39. The Kier molecular flexibility index (Phi) is 4.51. The molecule has 2 aliphatic rings. The predicted octanol–water partition coefficient (Wildman–Crippen LogP) is 4.98. The molecule has 2 rings (SSSR count). The van der Waals surface area contributed by atoms with Gasteiger partial charge in [-0.15, -0.1) is 0 Å². The third-order valence-electron chi connectivity index (χ3n) is 2.76. The first-order valence-corrected chi connectivity index (χ1v) is 7.56. The first-order chi connectivity index (χ1) is 8.59. The van der Waals surface area contributed by atoms with Crippen molar-refractivity contribution in [3.05, 3.63) is 45.5 Å². The molecule has 0 unspecified atom stereocenters. The van der Waals surface area contributed by atoms with E-state index in [1.165, 1.54) is 0 Å². The van der Waals surface area contributed by atoms with Crippen molar-refractivity contribution < 1.29 is 26.8 Å². The molecule has 0 nitrogen and oxygen atoms in total. The van der Waals surface area contributed by atoms with Gasteiger partial charge in [0.15, 0.2) is 0 Å². The van der Waals surface area contributed by atoms with E-state index in [0.29, 0.717) is 21.9 Å². The Labute approximate surface area is 110 Å². The molecule has 0 aromatic heterocycles. The number of allylic oxidation sites excluding steroid dienone is 8. The Morgan fingerprint density at radius 1 is 0.944 bits per heavy atom. The van der Waals surface area contributed by atoms with E-state index in [4.69, 9.17) is 0 Å². The van der Waals surface area contributed by atoms with Crippen molar-refractivity contribution in [2.45, 2.75) is 37.2 Å². The summed E-state index contributed by atoms with van der Waals surface area (Å²) in [6.07, 6.45) is 14.4. The van der Waals surface area contributed by atoms with Gasteiger partial charge in [0.1, 0.15) is 0 Å². The summed E-state index contributed by atoms with van der Waals surface area (Å²) in [5.74, 6) is 0. The van der Waals surface area contributed by atoms with Gasteiger partial charge in [-0.05, 0) is 0 Å². The molecule has 0 aromatic carbocycles. The van der Waals surface area contributed by atoms with Gasteiger partial charge in [-0.2, -0.15) is 0 Å². The monoisotopic (exact) mass is 300 g/mol. The van der Waals surface area contributed by atoms with Gasteiger partial charge >= 0.3 is 110 Å². The molecule has 0 N–H and O–H groups in total. The van der Waals surface area contributed by atoms with E-state index in [1.807, 2.05) is 6.08 Å². The van der Waals surface area contributed by atoms with E-state index in [0.717, 1.165) is 19.3 Å².